The number of aromatic amines is 1. The van der Waals surface area contributed by atoms with Gasteiger partial charge in [0.05, 0.1) is 11.4 Å². The van der Waals surface area contributed by atoms with E-state index in [0.29, 0.717) is 28.1 Å². The van der Waals surface area contributed by atoms with Crippen LogP contribution in [0.1, 0.15) is 28.8 Å². The predicted molar refractivity (Wildman–Crippen MR) is 103 cm³/mol. The number of phenols is 1. The maximum absolute atomic E-state index is 12.3. The Labute approximate surface area is 155 Å². The third-order valence-electron chi connectivity index (χ3n) is 4.59. The van der Waals surface area contributed by atoms with E-state index in [1.807, 2.05) is 6.07 Å². The van der Waals surface area contributed by atoms with Crippen LogP contribution in [0.2, 0.25) is 0 Å². The molecule has 0 unspecified atom stereocenters. The smallest absolute Gasteiger partial charge is 0.345 e. The highest BCUT2D eigenvalue weighted by molar-refractivity contribution is 5.95. The number of hydrogen-bond acceptors (Lipinski definition) is 4. The Morgan fingerprint density at radius 2 is 1.96 bits per heavy atom. The fourth-order valence-corrected chi connectivity index (χ4v) is 2.90. The number of aryl methyl sites for hydroxylation is 1. The SMILES string of the molecule is Cc1cc(-c2cc(-c3cccc(C(=O)NC4CC4)c3)nc(=O)[nH]2)ccc1O. The molecule has 6 nitrogen and oxygen atoms in total. The van der Waals surface area contributed by atoms with Gasteiger partial charge in [-0.1, -0.05) is 12.1 Å². The zero-order chi connectivity index (χ0) is 19.0. The normalized spacial score (nSPS) is 13.4. The lowest BCUT2D eigenvalue weighted by Crippen LogP contribution is -2.25. The first-order chi connectivity index (χ1) is 13.0. The largest absolute Gasteiger partial charge is 0.508 e. The van der Waals surface area contributed by atoms with Crippen molar-refractivity contribution in [3.63, 3.8) is 0 Å². The molecule has 6 heteroatoms. The van der Waals surface area contributed by atoms with Crippen molar-refractivity contribution in [2.45, 2.75) is 25.8 Å². The number of aromatic nitrogens is 2. The highest BCUT2D eigenvalue weighted by Gasteiger charge is 2.23. The van der Waals surface area contributed by atoms with Gasteiger partial charge >= 0.3 is 5.69 Å². The first-order valence-corrected chi connectivity index (χ1v) is 8.82. The van der Waals surface area contributed by atoms with Gasteiger partial charge in [0, 0.05) is 17.2 Å². The maximum atomic E-state index is 12.3. The van der Waals surface area contributed by atoms with Crippen molar-refractivity contribution in [1.82, 2.24) is 15.3 Å². The summed E-state index contributed by atoms with van der Waals surface area (Å²) in [4.78, 5) is 31.1. The highest BCUT2D eigenvalue weighted by atomic mass is 16.3. The zero-order valence-corrected chi connectivity index (χ0v) is 14.8. The van der Waals surface area contributed by atoms with E-state index in [1.54, 1.807) is 49.4 Å². The van der Waals surface area contributed by atoms with Gasteiger partial charge in [-0.05, 0) is 67.3 Å². The van der Waals surface area contributed by atoms with Crippen molar-refractivity contribution in [3.8, 4) is 28.3 Å². The van der Waals surface area contributed by atoms with Crippen LogP contribution in [0.15, 0.2) is 53.3 Å². The fourth-order valence-electron chi connectivity index (χ4n) is 2.90. The second kappa shape index (κ2) is 6.72. The molecule has 0 bridgehead atoms. The van der Waals surface area contributed by atoms with E-state index in [-0.39, 0.29) is 17.7 Å². The van der Waals surface area contributed by atoms with Crippen LogP contribution in [0.3, 0.4) is 0 Å². The summed E-state index contributed by atoms with van der Waals surface area (Å²) in [6, 6.07) is 14.3. The van der Waals surface area contributed by atoms with E-state index in [4.69, 9.17) is 0 Å². The van der Waals surface area contributed by atoms with Crippen molar-refractivity contribution in [2.75, 3.05) is 0 Å². The number of phenolic OH excluding ortho intramolecular Hbond substituents is 1. The van der Waals surface area contributed by atoms with Crippen LogP contribution in [-0.2, 0) is 0 Å². The lowest BCUT2D eigenvalue weighted by molar-refractivity contribution is 0.0951. The Kier molecular flexibility index (Phi) is 4.24. The van der Waals surface area contributed by atoms with E-state index >= 15 is 0 Å². The monoisotopic (exact) mass is 361 g/mol. The van der Waals surface area contributed by atoms with Gasteiger partial charge in [-0.25, -0.2) is 4.79 Å². The minimum atomic E-state index is -0.471. The number of nitrogens with zero attached hydrogens (tertiary/aromatic N) is 1. The van der Waals surface area contributed by atoms with Gasteiger partial charge in [0.15, 0.2) is 0 Å². The second-order valence-corrected chi connectivity index (χ2v) is 6.82. The third kappa shape index (κ3) is 3.74. The summed E-state index contributed by atoms with van der Waals surface area (Å²) in [6.45, 7) is 1.79. The minimum Gasteiger partial charge on any atom is -0.508 e. The third-order valence-corrected chi connectivity index (χ3v) is 4.59. The molecule has 1 heterocycles. The van der Waals surface area contributed by atoms with Crippen LogP contribution < -0.4 is 11.0 Å². The van der Waals surface area contributed by atoms with Crippen molar-refractivity contribution >= 4 is 5.91 Å². The molecule has 2 aromatic carbocycles. The van der Waals surface area contributed by atoms with Gasteiger partial charge in [0.25, 0.3) is 5.91 Å². The highest BCUT2D eigenvalue weighted by Crippen LogP contribution is 2.26. The summed E-state index contributed by atoms with van der Waals surface area (Å²) >= 11 is 0. The lowest BCUT2D eigenvalue weighted by Gasteiger charge is -2.08. The first-order valence-electron chi connectivity index (χ1n) is 8.82. The molecule has 1 aliphatic rings. The Hall–Kier alpha value is -3.41. The molecule has 136 valence electrons. The average Bonchev–Trinajstić information content (AvgIpc) is 3.47. The number of benzene rings is 2. The number of hydrogen-bond donors (Lipinski definition) is 3. The van der Waals surface area contributed by atoms with Crippen LogP contribution in [0.5, 0.6) is 5.75 Å². The lowest BCUT2D eigenvalue weighted by atomic mass is 10.0. The molecule has 0 saturated heterocycles. The molecule has 1 aliphatic carbocycles. The molecule has 0 radical (unpaired) electrons. The van der Waals surface area contributed by atoms with Gasteiger partial charge in [-0.2, -0.15) is 4.98 Å². The zero-order valence-electron chi connectivity index (χ0n) is 14.8. The molecule has 1 aromatic heterocycles. The maximum Gasteiger partial charge on any atom is 0.345 e. The fraction of sp³-hybridized carbons (Fsp3) is 0.190. The van der Waals surface area contributed by atoms with Gasteiger partial charge in [-0.15, -0.1) is 0 Å². The molecule has 1 fully saturated rings. The standard InChI is InChI=1S/C21H19N3O3/c1-12-9-14(5-8-19(12)25)18-11-17(23-21(27)24-18)13-3-2-4-15(10-13)20(26)22-16-6-7-16/h2-5,8-11,16,25H,6-7H2,1H3,(H,22,26)(H,23,24,27). The van der Waals surface area contributed by atoms with Gasteiger partial charge in [-0.3, -0.25) is 4.79 Å². The molecule has 1 saturated carbocycles. The average molecular weight is 361 g/mol. The Balaban J connectivity index is 1.71. The number of H-pyrrole nitrogens is 1. The van der Waals surface area contributed by atoms with Crippen LogP contribution in [-0.4, -0.2) is 27.0 Å². The van der Waals surface area contributed by atoms with Crippen molar-refractivity contribution < 1.29 is 9.90 Å². The second-order valence-electron chi connectivity index (χ2n) is 6.82. The first kappa shape index (κ1) is 17.0. The topological polar surface area (TPSA) is 95.1 Å². The number of amides is 1. The molecule has 1 amide bonds. The molecular weight excluding hydrogens is 342 g/mol. The molecule has 0 spiro atoms. The van der Waals surface area contributed by atoms with Crippen LogP contribution in [0.4, 0.5) is 0 Å². The molecule has 0 atom stereocenters. The summed E-state index contributed by atoms with van der Waals surface area (Å²) in [5, 5.41) is 12.7. The van der Waals surface area contributed by atoms with Gasteiger partial charge in [0.1, 0.15) is 5.75 Å². The summed E-state index contributed by atoms with van der Waals surface area (Å²) in [5.74, 6) is 0.0864. The van der Waals surface area contributed by atoms with Crippen LogP contribution in [0, 0.1) is 6.92 Å². The minimum absolute atomic E-state index is 0.112. The number of carbonyl (C=O) groups is 1. The van der Waals surface area contributed by atoms with Crippen molar-refractivity contribution in [2.24, 2.45) is 0 Å². The summed E-state index contributed by atoms with van der Waals surface area (Å²) in [7, 11) is 0. The number of aromatic hydroxyl groups is 1. The van der Waals surface area contributed by atoms with Crippen LogP contribution >= 0.6 is 0 Å². The quantitative estimate of drug-likeness (QED) is 0.666. The molecule has 4 rings (SSSR count). The Bertz CT molecular complexity index is 1080. The number of rotatable bonds is 4. The van der Waals surface area contributed by atoms with E-state index in [9.17, 15) is 14.7 Å². The van der Waals surface area contributed by atoms with Crippen molar-refractivity contribution in [3.05, 3.63) is 70.1 Å². The molecule has 3 N–H and O–H groups in total. The summed E-state index contributed by atoms with van der Waals surface area (Å²) in [6.07, 6.45) is 2.05. The van der Waals surface area contributed by atoms with Gasteiger partial charge < -0.3 is 15.4 Å². The number of carbonyl (C=O) groups excluding carboxylic acids is 1. The summed E-state index contributed by atoms with van der Waals surface area (Å²) < 4.78 is 0. The van der Waals surface area contributed by atoms with E-state index < -0.39 is 5.69 Å². The van der Waals surface area contributed by atoms with E-state index in [2.05, 4.69) is 15.3 Å². The Morgan fingerprint density at radius 1 is 1.15 bits per heavy atom. The van der Waals surface area contributed by atoms with Gasteiger partial charge in [0.2, 0.25) is 0 Å². The summed E-state index contributed by atoms with van der Waals surface area (Å²) in [5.41, 5.74) is 3.34. The molecule has 0 aliphatic heterocycles. The van der Waals surface area contributed by atoms with Crippen molar-refractivity contribution in [1.29, 1.82) is 0 Å². The van der Waals surface area contributed by atoms with E-state index in [0.717, 1.165) is 18.4 Å². The Morgan fingerprint density at radius 3 is 2.70 bits per heavy atom. The molecule has 27 heavy (non-hydrogen) atoms. The molecular formula is C21H19N3O3. The van der Waals surface area contributed by atoms with Crippen LogP contribution in [0.25, 0.3) is 22.5 Å². The van der Waals surface area contributed by atoms with E-state index in [1.165, 1.54) is 0 Å². The molecule has 3 aromatic rings. The number of nitrogens with one attached hydrogen (secondary N) is 2. The predicted octanol–water partition coefficient (Wildman–Crippen LogP) is 3.01.